The van der Waals surface area contributed by atoms with E-state index in [1.54, 1.807) is 0 Å². The maximum Gasteiger partial charge on any atom is 0.258 e. The summed E-state index contributed by atoms with van der Waals surface area (Å²) < 4.78 is 9.95. The molecule has 0 heterocycles. The Balaban J connectivity index is 2.43. The molecule has 1 amide bonds. The van der Waals surface area contributed by atoms with Crippen molar-refractivity contribution in [2.24, 2.45) is 0 Å². The second kappa shape index (κ2) is 8.54. The number of methoxy groups -OCH3 is 1. The van der Waals surface area contributed by atoms with E-state index in [-0.39, 0.29) is 35.6 Å². The fourth-order valence-electron chi connectivity index (χ4n) is 1.29. The molecule has 1 aromatic rings. The minimum Gasteiger partial charge on any atom is -0.482 e. The summed E-state index contributed by atoms with van der Waals surface area (Å²) in [7, 11) is 1.46. The average Bonchev–Trinajstić information content (AvgIpc) is 2.39. The summed E-state index contributed by atoms with van der Waals surface area (Å²) >= 11 is 17.5. The number of aliphatic hydroxyl groups is 1. The summed E-state index contributed by atoms with van der Waals surface area (Å²) in [5, 5.41) is 12.7. The molecule has 5 nitrogen and oxygen atoms in total. The van der Waals surface area contributed by atoms with Crippen LogP contribution < -0.4 is 10.1 Å². The molecule has 0 saturated heterocycles. The van der Waals surface area contributed by atoms with Gasteiger partial charge in [0, 0.05) is 19.7 Å². The predicted molar refractivity (Wildman–Crippen MR) is 77.9 cm³/mol. The zero-order valence-corrected chi connectivity index (χ0v) is 12.9. The number of hydrogen-bond donors (Lipinski definition) is 2. The topological polar surface area (TPSA) is 67.8 Å². The molecule has 0 aliphatic rings. The van der Waals surface area contributed by atoms with Crippen molar-refractivity contribution >= 4 is 40.7 Å². The van der Waals surface area contributed by atoms with E-state index < -0.39 is 12.0 Å². The largest absolute Gasteiger partial charge is 0.482 e. The number of rotatable bonds is 7. The minimum atomic E-state index is -0.766. The Morgan fingerprint density at radius 3 is 2.60 bits per heavy atom. The highest BCUT2D eigenvalue weighted by atomic mass is 35.5. The van der Waals surface area contributed by atoms with Crippen LogP contribution in [-0.2, 0) is 9.53 Å². The first-order chi connectivity index (χ1) is 9.43. The van der Waals surface area contributed by atoms with Crippen molar-refractivity contribution in [2.45, 2.75) is 6.10 Å². The molecule has 8 heteroatoms. The van der Waals surface area contributed by atoms with Crippen molar-refractivity contribution in [3.63, 3.8) is 0 Å². The zero-order chi connectivity index (χ0) is 15.1. The maximum absolute atomic E-state index is 11.5. The minimum absolute atomic E-state index is 0.0745. The smallest absolute Gasteiger partial charge is 0.258 e. The third-order valence-electron chi connectivity index (χ3n) is 2.23. The van der Waals surface area contributed by atoms with E-state index >= 15 is 0 Å². The second-order valence-corrected chi connectivity index (χ2v) is 5.12. The van der Waals surface area contributed by atoms with E-state index in [2.05, 4.69) is 5.32 Å². The first-order valence-corrected chi connectivity index (χ1v) is 6.78. The molecule has 0 aliphatic heterocycles. The summed E-state index contributed by atoms with van der Waals surface area (Å²) in [5.41, 5.74) is 0. The van der Waals surface area contributed by atoms with Gasteiger partial charge in [-0.05, 0) is 6.07 Å². The number of aliphatic hydroxyl groups excluding tert-OH is 1. The summed E-state index contributed by atoms with van der Waals surface area (Å²) in [5.74, 6) is -0.143. The molecule has 0 radical (unpaired) electrons. The molecule has 0 saturated carbocycles. The van der Waals surface area contributed by atoms with Gasteiger partial charge < -0.3 is 19.9 Å². The van der Waals surface area contributed by atoms with Crippen LogP contribution in [0.5, 0.6) is 5.75 Å². The van der Waals surface area contributed by atoms with Crippen LogP contribution in [0.15, 0.2) is 12.1 Å². The number of hydrogen-bond acceptors (Lipinski definition) is 4. The van der Waals surface area contributed by atoms with Crippen LogP contribution in [0.2, 0.25) is 15.1 Å². The lowest BCUT2D eigenvalue weighted by Crippen LogP contribution is -2.37. The van der Waals surface area contributed by atoms with Crippen molar-refractivity contribution in [3.8, 4) is 5.75 Å². The molecule has 1 rings (SSSR count). The van der Waals surface area contributed by atoms with Crippen LogP contribution in [0.25, 0.3) is 0 Å². The number of halogens is 3. The van der Waals surface area contributed by atoms with Crippen LogP contribution in [0.3, 0.4) is 0 Å². The SMILES string of the molecule is COCC(O)CNC(=O)COc1cc(Cl)c(Cl)cc1Cl. The fourth-order valence-corrected chi connectivity index (χ4v) is 1.88. The molecule has 1 unspecified atom stereocenters. The Labute approximate surface area is 131 Å². The predicted octanol–water partition coefficient (Wildman–Crippen LogP) is 2.15. The monoisotopic (exact) mass is 341 g/mol. The van der Waals surface area contributed by atoms with E-state index in [1.165, 1.54) is 19.2 Å². The summed E-state index contributed by atoms with van der Waals surface area (Å²) in [6.07, 6.45) is -0.766. The molecular formula is C12H14Cl3NO4. The molecule has 112 valence electrons. The standard InChI is InChI=1S/C12H14Cl3NO4/c1-19-5-7(17)4-16-12(18)6-20-11-3-9(14)8(13)2-10(11)15/h2-3,7,17H,4-6H2,1H3,(H,16,18). The normalized spacial score (nSPS) is 12.1. The van der Waals surface area contributed by atoms with Crippen LogP contribution >= 0.6 is 34.8 Å². The van der Waals surface area contributed by atoms with E-state index in [4.69, 9.17) is 44.3 Å². The average molecular weight is 343 g/mol. The lowest BCUT2D eigenvalue weighted by molar-refractivity contribution is -0.123. The van der Waals surface area contributed by atoms with Gasteiger partial charge in [0.1, 0.15) is 5.75 Å². The lowest BCUT2D eigenvalue weighted by Gasteiger charge is -2.12. The van der Waals surface area contributed by atoms with Gasteiger partial charge in [0.2, 0.25) is 0 Å². The zero-order valence-electron chi connectivity index (χ0n) is 10.7. The Bertz CT molecular complexity index is 470. The van der Waals surface area contributed by atoms with Crippen molar-refractivity contribution in [1.29, 1.82) is 0 Å². The molecule has 0 bridgehead atoms. The molecule has 20 heavy (non-hydrogen) atoms. The Hall–Kier alpha value is -0.720. The quantitative estimate of drug-likeness (QED) is 0.745. The molecule has 2 N–H and O–H groups in total. The van der Waals surface area contributed by atoms with Gasteiger partial charge in [-0.3, -0.25) is 4.79 Å². The van der Waals surface area contributed by atoms with Crippen molar-refractivity contribution in [1.82, 2.24) is 5.32 Å². The van der Waals surface area contributed by atoms with E-state index in [0.29, 0.717) is 5.02 Å². The van der Waals surface area contributed by atoms with E-state index in [9.17, 15) is 9.90 Å². The van der Waals surface area contributed by atoms with Crippen LogP contribution in [0, 0.1) is 0 Å². The summed E-state index contributed by atoms with van der Waals surface area (Å²) in [4.78, 5) is 11.5. The van der Waals surface area contributed by atoms with Crippen LogP contribution in [0.4, 0.5) is 0 Å². The molecule has 1 aromatic carbocycles. The third-order valence-corrected chi connectivity index (χ3v) is 3.25. The Morgan fingerprint density at radius 1 is 1.30 bits per heavy atom. The van der Waals surface area contributed by atoms with Gasteiger partial charge in [-0.1, -0.05) is 34.8 Å². The van der Waals surface area contributed by atoms with Gasteiger partial charge in [-0.2, -0.15) is 0 Å². The number of carbonyl (C=O) groups is 1. The molecule has 1 atom stereocenters. The summed E-state index contributed by atoms with van der Waals surface area (Å²) in [6.45, 7) is -0.0394. The second-order valence-electron chi connectivity index (χ2n) is 3.90. The van der Waals surface area contributed by atoms with Gasteiger partial charge in [0.25, 0.3) is 5.91 Å². The van der Waals surface area contributed by atoms with Gasteiger partial charge in [0.05, 0.1) is 27.8 Å². The van der Waals surface area contributed by atoms with Crippen LogP contribution in [0.1, 0.15) is 0 Å². The first-order valence-electron chi connectivity index (χ1n) is 5.65. The van der Waals surface area contributed by atoms with E-state index in [0.717, 1.165) is 0 Å². The Kier molecular flexibility index (Phi) is 7.40. The number of ether oxygens (including phenoxy) is 2. The van der Waals surface area contributed by atoms with E-state index in [1.807, 2.05) is 0 Å². The Morgan fingerprint density at radius 2 is 1.95 bits per heavy atom. The van der Waals surface area contributed by atoms with Gasteiger partial charge in [0.15, 0.2) is 6.61 Å². The fraction of sp³-hybridized carbons (Fsp3) is 0.417. The van der Waals surface area contributed by atoms with Crippen molar-refractivity contribution < 1.29 is 19.4 Å². The number of nitrogens with one attached hydrogen (secondary N) is 1. The van der Waals surface area contributed by atoms with Gasteiger partial charge in [-0.15, -0.1) is 0 Å². The molecule has 0 spiro atoms. The highest BCUT2D eigenvalue weighted by Gasteiger charge is 2.10. The third kappa shape index (κ3) is 5.73. The molecular weight excluding hydrogens is 328 g/mol. The molecule has 0 fully saturated rings. The maximum atomic E-state index is 11.5. The van der Waals surface area contributed by atoms with Crippen LogP contribution in [-0.4, -0.2) is 44.0 Å². The number of carbonyl (C=O) groups excluding carboxylic acids is 1. The first kappa shape index (κ1) is 17.3. The van der Waals surface area contributed by atoms with Crippen molar-refractivity contribution in [3.05, 3.63) is 27.2 Å². The summed E-state index contributed by atoms with van der Waals surface area (Å²) in [6, 6.07) is 2.86. The number of benzene rings is 1. The highest BCUT2D eigenvalue weighted by Crippen LogP contribution is 2.33. The highest BCUT2D eigenvalue weighted by molar-refractivity contribution is 6.43. The van der Waals surface area contributed by atoms with Crippen molar-refractivity contribution in [2.75, 3.05) is 26.9 Å². The molecule has 0 aromatic heterocycles. The lowest BCUT2D eigenvalue weighted by atomic mass is 10.3. The number of amides is 1. The van der Waals surface area contributed by atoms with Gasteiger partial charge in [-0.25, -0.2) is 0 Å². The van der Waals surface area contributed by atoms with Gasteiger partial charge >= 0.3 is 0 Å². The molecule has 0 aliphatic carbocycles.